The Hall–Kier alpha value is -1.91. The van der Waals surface area contributed by atoms with Crippen LogP contribution in [0, 0.1) is 18.3 Å². The number of H-pyrrole nitrogens is 1. The van der Waals surface area contributed by atoms with Gasteiger partial charge in [0.15, 0.2) is 5.65 Å². The van der Waals surface area contributed by atoms with E-state index in [2.05, 4.69) is 25.9 Å². The summed E-state index contributed by atoms with van der Waals surface area (Å²) in [5.74, 6) is 1.28. The predicted molar refractivity (Wildman–Crippen MR) is 91.6 cm³/mol. The number of rotatable bonds is 2. The average Bonchev–Trinajstić information content (AvgIpc) is 3.21. The Bertz CT molecular complexity index is 799. The fraction of sp³-hybridized carbons (Fsp3) is 0.632. The molecule has 0 bridgehead atoms. The number of nitrogens with zero attached hydrogens (tertiary/aromatic N) is 3. The summed E-state index contributed by atoms with van der Waals surface area (Å²) < 4.78 is 0. The quantitative estimate of drug-likeness (QED) is 0.923. The summed E-state index contributed by atoms with van der Waals surface area (Å²) in [5, 5.41) is 0. The van der Waals surface area contributed by atoms with E-state index in [1.807, 2.05) is 13.1 Å². The van der Waals surface area contributed by atoms with Gasteiger partial charge < -0.3 is 9.88 Å². The van der Waals surface area contributed by atoms with Crippen LogP contribution in [-0.2, 0) is 4.79 Å². The highest BCUT2D eigenvalue weighted by Gasteiger charge is 2.61. The molecular weight excluding hydrogens is 300 g/mol. The van der Waals surface area contributed by atoms with Crippen molar-refractivity contribution in [2.24, 2.45) is 11.3 Å². The van der Waals surface area contributed by atoms with E-state index >= 15 is 0 Å². The van der Waals surface area contributed by atoms with Gasteiger partial charge in [-0.15, -0.1) is 0 Å². The lowest BCUT2D eigenvalue weighted by molar-refractivity contribution is -0.135. The van der Waals surface area contributed by atoms with Crippen LogP contribution in [0.3, 0.4) is 0 Å². The molecule has 1 N–H and O–H groups in total. The number of aromatic nitrogens is 3. The second kappa shape index (κ2) is 5.04. The van der Waals surface area contributed by atoms with Crippen molar-refractivity contribution in [1.82, 2.24) is 19.9 Å². The van der Waals surface area contributed by atoms with Crippen molar-refractivity contribution in [3.63, 3.8) is 0 Å². The predicted octanol–water partition coefficient (Wildman–Crippen LogP) is 3.16. The minimum Gasteiger partial charge on any atom is -0.342 e. The van der Waals surface area contributed by atoms with Gasteiger partial charge in [-0.1, -0.05) is 6.42 Å². The second-order valence-electron chi connectivity index (χ2n) is 8.04. The van der Waals surface area contributed by atoms with Gasteiger partial charge in [0.25, 0.3) is 0 Å². The van der Waals surface area contributed by atoms with E-state index in [-0.39, 0.29) is 0 Å². The smallest absolute Gasteiger partial charge is 0.226 e. The fourth-order valence-corrected chi connectivity index (χ4v) is 4.74. The highest BCUT2D eigenvalue weighted by Crippen LogP contribution is 2.66. The minimum absolute atomic E-state index is 0.354. The molecule has 0 radical (unpaired) electrons. The molecule has 0 aromatic carbocycles. The van der Waals surface area contributed by atoms with E-state index in [9.17, 15) is 4.79 Å². The molecule has 5 heteroatoms. The maximum absolute atomic E-state index is 12.7. The molecule has 24 heavy (non-hydrogen) atoms. The number of hydrogen-bond acceptors (Lipinski definition) is 3. The number of aryl methyl sites for hydroxylation is 1. The van der Waals surface area contributed by atoms with Crippen LogP contribution in [0.25, 0.3) is 11.2 Å². The Morgan fingerprint density at radius 2 is 2.12 bits per heavy atom. The van der Waals surface area contributed by atoms with E-state index in [1.165, 1.54) is 25.0 Å². The van der Waals surface area contributed by atoms with Crippen molar-refractivity contribution in [3.8, 4) is 0 Å². The zero-order valence-electron chi connectivity index (χ0n) is 14.2. The van der Waals surface area contributed by atoms with Crippen molar-refractivity contribution in [3.05, 3.63) is 23.7 Å². The van der Waals surface area contributed by atoms with Crippen LogP contribution >= 0.6 is 0 Å². The summed E-state index contributed by atoms with van der Waals surface area (Å²) in [7, 11) is 0. The molecule has 1 amide bonds. The molecule has 3 heterocycles. The van der Waals surface area contributed by atoms with Gasteiger partial charge in [0.1, 0.15) is 5.52 Å². The number of aromatic amines is 1. The first-order chi connectivity index (χ1) is 11.6. The van der Waals surface area contributed by atoms with E-state index in [0.29, 0.717) is 23.2 Å². The fourth-order valence-electron chi connectivity index (χ4n) is 4.74. The molecule has 1 saturated heterocycles. The first kappa shape index (κ1) is 14.4. The molecule has 5 rings (SSSR count). The van der Waals surface area contributed by atoms with Gasteiger partial charge in [0.05, 0.1) is 5.69 Å². The number of hydrogen-bond donors (Lipinski definition) is 1. The molecule has 126 valence electrons. The lowest BCUT2D eigenvalue weighted by atomic mass is 9.79. The molecule has 0 unspecified atom stereocenters. The van der Waals surface area contributed by atoms with Crippen molar-refractivity contribution in [2.45, 2.75) is 51.4 Å². The van der Waals surface area contributed by atoms with Crippen LogP contribution in [0.5, 0.6) is 0 Å². The highest BCUT2D eigenvalue weighted by molar-refractivity contribution is 5.83. The van der Waals surface area contributed by atoms with Crippen LogP contribution in [0.4, 0.5) is 0 Å². The van der Waals surface area contributed by atoms with Crippen LogP contribution < -0.4 is 0 Å². The molecule has 3 aliphatic rings. The van der Waals surface area contributed by atoms with Gasteiger partial charge >= 0.3 is 0 Å². The second-order valence-corrected chi connectivity index (χ2v) is 8.04. The molecule has 2 aromatic heterocycles. The van der Waals surface area contributed by atoms with Crippen LogP contribution in [-0.4, -0.2) is 38.8 Å². The third kappa shape index (κ3) is 2.17. The van der Waals surface area contributed by atoms with Crippen LogP contribution in [0.1, 0.15) is 55.8 Å². The number of piperidine rings is 1. The van der Waals surface area contributed by atoms with Gasteiger partial charge in [-0.25, -0.2) is 4.98 Å². The summed E-state index contributed by atoms with van der Waals surface area (Å²) in [5.41, 5.74) is 4.43. The van der Waals surface area contributed by atoms with Gasteiger partial charge in [-0.2, -0.15) is 0 Å². The molecule has 1 spiro atoms. The largest absolute Gasteiger partial charge is 0.342 e. The van der Waals surface area contributed by atoms with Crippen LogP contribution in [0.15, 0.2) is 12.3 Å². The normalized spacial score (nSPS) is 25.9. The van der Waals surface area contributed by atoms with Crippen molar-refractivity contribution in [2.75, 3.05) is 13.1 Å². The molecule has 3 fully saturated rings. The summed E-state index contributed by atoms with van der Waals surface area (Å²) >= 11 is 0. The Kier molecular flexibility index (Phi) is 3.03. The van der Waals surface area contributed by atoms with Gasteiger partial charge in [0, 0.05) is 36.8 Å². The van der Waals surface area contributed by atoms with E-state index in [1.54, 1.807) is 0 Å². The number of amides is 1. The van der Waals surface area contributed by atoms with E-state index in [4.69, 9.17) is 0 Å². The molecule has 2 saturated carbocycles. The topological polar surface area (TPSA) is 61.9 Å². The molecular formula is C19H24N4O. The van der Waals surface area contributed by atoms with E-state index in [0.717, 1.165) is 49.2 Å². The highest BCUT2D eigenvalue weighted by atomic mass is 16.2. The molecule has 2 aliphatic carbocycles. The SMILES string of the molecule is Cc1cnc2cc(C3CCN(C(=O)[C@@H]4CC45CCC5)CC3)[nH]c2n1. The zero-order valence-corrected chi connectivity index (χ0v) is 14.2. The molecule has 1 aliphatic heterocycles. The average molecular weight is 324 g/mol. The Balaban J connectivity index is 1.25. The Morgan fingerprint density at radius 1 is 1.33 bits per heavy atom. The minimum atomic E-state index is 0.354. The molecule has 1 atom stereocenters. The third-order valence-corrected chi connectivity index (χ3v) is 6.56. The Labute approximate surface area is 141 Å². The number of carbonyl (C=O) groups excluding carboxylic acids is 1. The van der Waals surface area contributed by atoms with Gasteiger partial charge in [-0.05, 0) is 50.5 Å². The van der Waals surface area contributed by atoms with Crippen molar-refractivity contribution in [1.29, 1.82) is 0 Å². The van der Waals surface area contributed by atoms with Crippen molar-refractivity contribution < 1.29 is 4.79 Å². The monoisotopic (exact) mass is 324 g/mol. The lowest BCUT2D eigenvalue weighted by Crippen LogP contribution is -2.40. The van der Waals surface area contributed by atoms with Crippen LogP contribution in [0.2, 0.25) is 0 Å². The third-order valence-electron chi connectivity index (χ3n) is 6.56. The molecule has 5 nitrogen and oxygen atoms in total. The number of nitrogens with one attached hydrogen (secondary N) is 1. The number of fused-ring (bicyclic) bond motifs is 1. The van der Waals surface area contributed by atoms with Gasteiger partial charge in [0.2, 0.25) is 5.91 Å². The standard InChI is InChI=1S/C19H24N4O/c1-12-11-20-16-9-15(22-17(16)21-12)13-3-7-23(8-4-13)18(24)14-10-19(14)5-2-6-19/h9,11,13-14H,2-8,10H2,1H3,(H,21,22)/t14-/m0/s1. The van der Waals surface area contributed by atoms with Gasteiger partial charge in [-0.3, -0.25) is 9.78 Å². The lowest BCUT2D eigenvalue weighted by Gasteiger charge is -2.33. The Morgan fingerprint density at radius 3 is 2.79 bits per heavy atom. The summed E-state index contributed by atoms with van der Waals surface area (Å²) in [6.07, 6.45) is 8.95. The number of carbonyl (C=O) groups is 1. The maximum Gasteiger partial charge on any atom is 0.226 e. The summed E-state index contributed by atoms with van der Waals surface area (Å²) in [4.78, 5) is 27.2. The zero-order chi connectivity index (χ0) is 16.3. The maximum atomic E-state index is 12.7. The first-order valence-corrected chi connectivity index (χ1v) is 9.26. The summed E-state index contributed by atoms with van der Waals surface area (Å²) in [6.45, 7) is 3.75. The first-order valence-electron chi connectivity index (χ1n) is 9.26. The van der Waals surface area contributed by atoms with Crippen molar-refractivity contribution >= 4 is 17.1 Å². The van der Waals surface area contributed by atoms with E-state index < -0.39 is 0 Å². The number of likely N-dealkylation sites (tertiary alicyclic amines) is 1. The molecule has 2 aromatic rings. The summed E-state index contributed by atoms with van der Waals surface area (Å²) in [6, 6.07) is 2.13.